The molecule has 0 atom stereocenters. The van der Waals surface area contributed by atoms with E-state index in [-0.39, 0.29) is 12.3 Å². The minimum Gasteiger partial charge on any atom is -0.466 e. The van der Waals surface area contributed by atoms with E-state index in [2.05, 4.69) is 19.1 Å². The third kappa shape index (κ3) is 5.12. The summed E-state index contributed by atoms with van der Waals surface area (Å²) in [7, 11) is 1.71. The van der Waals surface area contributed by atoms with Crippen LogP contribution < -0.4 is 0 Å². The minimum atomic E-state index is -0.463. The number of hydrogen-bond acceptors (Lipinski definition) is 3. The van der Waals surface area contributed by atoms with Gasteiger partial charge in [0.1, 0.15) is 6.42 Å². The van der Waals surface area contributed by atoms with Crippen LogP contribution in [-0.4, -0.2) is 37.0 Å². The first-order valence-corrected chi connectivity index (χ1v) is 6.48. The van der Waals surface area contributed by atoms with E-state index in [1.54, 1.807) is 18.9 Å². The molecule has 19 heavy (non-hydrogen) atoms. The normalized spacial score (nSPS) is 10.1. The maximum absolute atomic E-state index is 11.8. The number of esters is 1. The van der Waals surface area contributed by atoms with Gasteiger partial charge >= 0.3 is 5.97 Å². The van der Waals surface area contributed by atoms with Gasteiger partial charge in [0.05, 0.1) is 6.61 Å². The highest BCUT2D eigenvalue weighted by molar-refractivity contribution is 5.94. The number of aryl methyl sites for hydroxylation is 1. The van der Waals surface area contributed by atoms with Crippen molar-refractivity contribution in [1.29, 1.82) is 0 Å². The molecule has 0 heterocycles. The fourth-order valence-electron chi connectivity index (χ4n) is 1.77. The Morgan fingerprint density at radius 1 is 1.26 bits per heavy atom. The van der Waals surface area contributed by atoms with Crippen molar-refractivity contribution < 1.29 is 14.3 Å². The topological polar surface area (TPSA) is 46.6 Å². The van der Waals surface area contributed by atoms with Gasteiger partial charge in [-0.2, -0.15) is 0 Å². The van der Waals surface area contributed by atoms with Crippen molar-refractivity contribution in [3.05, 3.63) is 35.4 Å². The third-order valence-electron chi connectivity index (χ3n) is 3.00. The number of amides is 1. The zero-order chi connectivity index (χ0) is 14.3. The van der Waals surface area contributed by atoms with Crippen molar-refractivity contribution in [2.75, 3.05) is 20.2 Å². The second-order valence-corrected chi connectivity index (χ2v) is 4.47. The average Bonchev–Trinajstić information content (AvgIpc) is 2.37. The highest BCUT2D eigenvalue weighted by atomic mass is 16.5. The molecule has 104 valence electrons. The summed E-state index contributed by atoms with van der Waals surface area (Å²) >= 11 is 0. The van der Waals surface area contributed by atoms with Crippen LogP contribution in [0.5, 0.6) is 0 Å². The lowest BCUT2D eigenvalue weighted by Crippen LogP contribution is -2.31. The van der Waals surface area contributed by atoms with Crippen LogP contribution in [0.15, 0.2) is 24.3 Å². The summed E-state index contributed by atoms with van der Waals surface area (Å²) in [5.41, 5.74) is 2.44. The van der Waals surface area contributed by atoms with Gasteiger partial charge in [0, 0.05) is 13.6 Å². The SMILES string of the molecule is CCOC(=O)CC(=O)N(C)CCc1ccccc1C. The smallest absolute Gasteiger partial charge is 0.315 e. The molecule has 0 unspecified atom stereocenters. The largest absolute Gasteiger partial charge is 0.466 e. The van der Waals surface area contributed by atoms with E-state index in [4.69, 9.17) is 4.74 Å². The number of nitrogens with zero attached hydrogens (tertiary/aromatic N) is 1. The molecule has 4 nitrogen and oxygen atoms in total. The Morgan fingerprint density at radius 2 is 1.95 bits per heavy atom. The van der Waals surface area contributed by atoms with Crippen molar-refractivity contribution in [3.63, 3.8) is 0 Å². The number of benzene rings is 1. The van der Waals surface area contributed by atoms with Gasteiger partial charge in [-0.15, -0.1) is 0 Å². The van der Waals surface area contributed by atoms with Crippen molar-refractivity contribution >= 4 is 11.9 Å². The zero-order valence-electron chi connectivity index (χ0n) is 11.8. The molecule has 4 heteroatoms. The van der Waals surface area contributed by atoms with E-state index in [1.807, 2.05) is 12.1 Å². The number of carbonyl (C=O) groups excluding carboxylic acids is 2. The van der Waals surface area contributed by atoms with Crippen LogP contribution in [0.3, 0.4) is 0 Å². The Bertz CT molecular complexity index is 443. The molecule has 0 saturated heterocycles. The molecular formula is C15H21NO3. The maximum atomic E-state index is 11.8. The molecule has 1 aromatic carbocycles. The summed E-state index contributed by atoms with van der Waals surface area (Å²) < 4.78 is 4.76. The van der Waals surface area contributed by atoms with Gasteiger partial charge in [-0.05, 0) is 31.4 Å². The number of ether oxygens (including phenoxy) is 1. The van der Waals surface area contributed by atoms with Crippen molar-refractivity contribution in [1.82, 2.24) is 4.90 Å². The number of carbonyl (C=O) groups is 2. The van der Waals surface area contributed by atoms with Crippen LogP contribution in [0, 0.1) is 6.92 Å². The molecular weight excluding hydrogens is 242 g/mol. The van der Waals surface area contributed by atoms with E-state index in [9.17, 15) is 9.59 Å². The predicted molar refractivity (Wildman–Crippen MR) is 73.8 cm³/mol. The molecule has 0 aliphatic heterocycles. The van der Waals surface area contributed by atoms with Gasteiger partial charge in [-0.1, -0.05) is 24.3 Å². The van der Waals surface area contributed by atoms with Gasteiger partial charge in [-0.25, -0.2) is 0 Å². The molecule has 0 saturated carbocycles. The van der Waals surface area contributed by atoms with Crippen LogP contribution in [0.1, 0.15) is 24.5 Å². The zero-order valence-corrected chi connectivity index (χ0v) is 11.8. The minimum absolute atomic E-state index is 0.182. The van der Waals surface area contributed by atoms with Crippen molar-refractivity contribution in [2.45, 2.75) is 26.7 Å². The molecule has 0 aliphatic carbocycles. The highest BCUT2D eigenvalue weighted by Gasteiger charge is 2.14. The molecule has 0 N–H and O–H groups in total. The van der Waals surface area contributed by atoms with Gasteiger partial charge in [0.25, 0.3) is 0 Å². The second-order valence-electron chi connectivity index (χ2n) is 4.47. The molecule has 0 aromatic heterocycles. The summed E-state index contributed by atoms with van der Waals surface area (Å²) in [6.07, 6.45) is 0.607. The lowest BCUT2D eigenvalue weighted by Gasteiger charge is -2.17. The van der Waals surface area contributed by atoms with Gasteiger partial charge < -0.3 is 9.64 Å². The van der Waals surface area contributed by atoms with Crippen LogP contribution in [0.2, 0.25) is 0 Å². The van der Waals surface area contributed by atoms with Gasteiger partial charge in [0.2, 0.25) is 5.91 Å². The summed E-state index contributed by atoms with van der Waals surface area (Å²) in [5.74, 6) is -0.665. The monoisotopic (exact) mass is 263 g/mol. The van der Waals surface area contributed by atoms with Gasteiger partial charge in [0.15, 0.2) is 0 Å². The van der Waals surface area contributed by atoms with Crippen LogP contribution in [-0.2, 0) is 20.7 Å². The van der Waals surface area contributed by atoms with Crippen LogP contribution >= 0.6 is 0 Å². The summed E-state index contributed by atoms with van der Waals surface area (Å²) in [5, 5.41) is 0. The molecule has 0 bridgehead atoms. The van der Waals surface area contributed by atoms with E-state index >= 15 is 0 Å². The Morgan fingerprint density at radius 3 is 2.58 bits per heavy atom. The van der Waals surface area contributed by atoms with Crippen LogP contribution in [0.4, 0.5) is 0 Å². The first-order valence-electron chi connectivity index (χ1n) is 6.48. The first-order chi connectivity index (χ1) is 9.04. The van der Waals surface area contributed by atoms with Gasteiger partial charge in [-0.3, -0.25) is 9.59 Å². The molecule has 0 radical (unpaired) electrons. The second kappa shape index (κ2) is 7.56. The highest BCUT2D eigenvalue weighted by Crippen LogP contribution is 2.08. The fourth-order valence-corrected chi connectivity index (χ4v) is 1.77. The number of hydrogen-bond donors (Lipinski definition) is 0. The van der Waals surface area contributed by atoms with Crippen molar-refractivity contribution in [3.8, 4) is 0 Å². The van der Waals surface area contributed by atoms with E-state index in [0.29, 0.717) is 13.2 Å². The summed E-state index contributed by atoms with van der Waals surface area (Å²) in [6.45, 7) is 4.68. The Kier molecular flexibility index (Phi) is 6.06. The van der Waals surface area contributed by atoms with E-state index in [0.717, 1.165) is 6.42 Å². The quantitative estimate of drug-likeness (QED) is 0.582. The Hall–Kier alpha value is -1.84. The lowest BCUT2D eigenvalue weighted by molar-refractivity contribution is -0.148. The molecule has 1 rings (SSSR count). The predicted octanol–water partition coefficient (Wildman–Crippen LogP) is 1.95. The standard InChI is InChI=1S/C15H21NO3/c1-4-19-15(18)11-14(17)16(3)10-9-13-8-6-5-7-12(13)2/h5-8H,4,9-11H2,1-3H3. The lowest BCUT2D eigenvalue weighted by atomic mass is 10.1. The molecule has 0 fully saturated rings. The molecule has 1 aromatic rings. The average molecular weight is 263 g/mol. The first kappa shape index (κ1) is 15.2. The maximum Gasteiger partial charge on any atom is 0.315 e. The van der Waals surface area contributed by atoms with Crippen LogP contribution in [0.25, 0.3) is 0 Å². The number of likely N-dealkylation sites (N-methyl/N-ethyl adjacent to an activating group) is 1. The Balaban J connectivity index is 2.43. The summed E-state index contributed by atoms with van der Waals surface area (Å²) in [4.78, 5) is 24.5. The van der Waals surface area contributed by atoms with E-state index in [1.165, 1.54) is 11.1 Å². The molecule has 0 aliphatic rings. The fraction of sp³-hybridized carbons (Fsp3) is 0.467. The number of rotatable bonds is 6. The summed E-state index contributed by atoms with van der Waals surface area (Å²) in [6, 6.07) is 8.09. The van der Waals surface area contributed by atoms with E-state index < -0.39 is 5.97 Å². The van der Waals surface area contributed by atoms with Crippen molar-refractivity contribution in [2.24, 2.45) is 0 Å². The molecule has 1 amide bonds. The third-order valence-corrected chi connectivity index (χ3v) is 3.00. The molecule has 0 spiro atoms. The Labute approximate surface area is 114 Å².